The van der Waals surface area contributed by atoms with E-state index in [9.17, 15) is 9.59 Å². The Morgan fingerprint density at radius 3 is 2.78 bits per heavy atom. The number of carbonyl (C=O) groups excluding carboxylic acids is 2. The average Bonchev–Trinajstić information content (AvgIpc) is 2.60. The van der Waals surface area contributed by atoms with Gasteiger partial charge in [-0.2, -0.15) is 0 Å². The lowest BCUT2D eigenvalue weighted by Gasteiger charge is -2.28. The van der Waals surface area contributed by atoms with E-state index in [1.54, 1.807) is 4.90 Å². The maximum atomic E-state index is 11.9. The zero-order valence-electron chi connectivity index (χ0n) is 10.1. The molecule has 1 aliphatic heterocycles. The SMILES string of the molecule is C=CC(=O)N1CCNC(=O)CC1c1ccccc1. The molecule has 0 saturated carbocycles. The third kappa shape index (κ3) is 2.59. The van der Waals surface area contributed by atoms with E-state index < -0.39 is 0 Å². The van der Waals surface area contributed by atoms with Crippen LogP contribution in [0.3, 0.4) is 0 Å². The first kappa shape index (κ1) is 12.4. The Kier molecular flexibility index (Phi) is 3.77. The van der Waals surface area contributed by atoms with E-state index in [2.05, 4.69) is 11.9 Å². The first-order valence-corrected chi connectivity index (χ1v) is 5.97. The molecule has 1 aromatic rings. The van der Waals surface area contributed by atoms with Crippen LogP contribution in [0, 0.1) is 0 Å². The second-order valence-electron chi connectivity index (χ2n) is 4.22. The summed E-state index contributed by atoms with van der Waals surface area (Å²) in [6.07, 6.45) is 1.59. The van der Waals surface area contributed by atoms with E-state index in [1.165, 1.54) is 6.08 Å². The minimum Gasteiger partial charge on any atom is -0.354 e. The Bertz CT molecular complexity index is 456. The Hall–Kier alpha value is -2.10. The van der Waals surface area contributed by atoms with Crippen molar-refractivity contribution in [2.75, 3.05) is 13.1 Å². The summed E-state index contributed by atoms with van der Waals surface area (Å²) >= 11 is 0. The smallest absolute Gasteiger partial charge is 0.246 e. The molecule has 4 nitrogen and oxygen atoms in total. The molecule has 0 aliphatic carbocycles. The normalized spacial score (nSPS) is 19.9. The van der Waals surface area contributed by atoms with Gasteiger partial charge in [-0.15, -0.1) is 0 Å². The van der Waals surface area contributed by atoms with Gasteiger partial charge in [0.15, 0.2) is 0 Å². The molecule has 1 unspecified atom stereocenters. The van der Waals surface area contributed by atoms with Crippen LogP contribution in [0.25, 0.3) is 0 Å². The van der Waals surface area contributed by atoms with Crippen molar-refractivity contribution in [3.05, 3.63) is 48.6 Å². The van der Waals surface area contributed by atoms with Crippen LogP contribution in [0.2, 0.25) is 0 Å². The highest BCUT2D eigenvalue weighted by Gasteiger charge is 2.28. The summed E-state index contributed by atoms with van der Waals surface area (Å²) in [5.41, 5.74) is 0.977. The van der Waals surface area contributed by atoms with E-state index in [1.807, 2.05) is 30.3 Å². The quantitative estimate of drug-likeness (QED) is 0.796. The molecule has 2 rings (SSSR count). The van der Waals surface area contributed by atoms with Crippen LogP contribution < -0.4 is 5.32 Å². The molecule has 1 saturated heterocycles. The first-order valence-electron chi connectivity index (χ1n) is 5.97. The van der Waals surface area contributed by atoms with Crippen molar-refractivity contribution in [3.63, 3.8) is 0 Å². The molecule has 1 atom stereocenters. The molecule has 1 N–H and O–H groups in total. The highest BCUT2D eigenvalue weighted by atomic mass is 16.2. The van der Waals surface area contributed by atoms with E-state index in [4.69, 9.17) is 0 Å². The topological polar surface area (TPSA) is 49.4 Å². The Balaban J connectivity index is 2.33. The van der Waals surface area contributed by atoms with Crippen molar-refractivity contribution in [2.24, 2.45) is 0 Å². The lowest BCUT2D eigenvalue weighted by atomic mass is 10.0. The monoisotopic (exact) mass is 244 g/mol. The van der Waals surface area contributed by atoms with Gasteiger partial charge in [-0.25, -0.2) is 0 Å². The molecule has 1 aromatic carbocycles. The molecule has 1 aliphatic rings. The lowest BCUT2D eigenvalue weighted by Crippen LogP contribution is -2.35. The third-order valence-corrected chi connectivity index (χ3v) is 3.07. The van der Waals surface area contributed by atoms with E-state index >= 15 is 0 Å². The second-order valence-corrected chi connectivity index (χ2v) is 4.22. The van der Waals surface area contributed by atoms with Crippen LogP contribution >= 0.6 is 0 Å². The number of carbonyl (C=O) groups is 2. The van der Waals surface area contributed by atoms with Crippen LogP contribution in [0.15, 0.2) is 43.0 Å². The van der Waals surface area contributed by atoms with Crippen molar-refractivity contribution < 1.29 is 9.59 Å². The highest BCUT2D eigenvalue weighted by molar-refractivity contribution is 5.88. The Labute approximate surface area is 106 Å². The molecule has 18 heavy (non-hydrogen) atoms. The Morgan fingerprint density at radius 1 is 1.39 bits per heavy atom. The molecule has 4 heteroatoms. The number of nitrogens with zero attached hydrogens (tertiary/aromatic N) is 1. The summed E-state index contributed by atoms with van der Waals surface area (Å²) in [5.74, 6) is -0.163. The van der Waals surface area contributed by atoms with Gasteiger partial charge in [0.25, 0.3) is 0 Å². The van der Waals surface area contributed by atoms with Gasteiger partial charge in [-0.05, 0) is 11.6 Å². The lowest BCUT2D eigenvalue weighted by molar-refractivity contribution is -0.128. The van der Waals surface area contributed by atoms with Gasteiger partial charge < -0.3 is 10.2 Å². The van der Waals surface area contributed by atoms with E-state index in [0.717, 1.165) is 5.56 Å². The molecule has 0 spiro atoms. The summed E-state index contributed by atoms with van der Waals surface area (Å²) in [6, 6.07) is 9.40. The molecular weight excluding hydrogens is 228 g/mol. The van der Waals surface area contributed by atoms with Gasteiger partial charge in [-0.3, -0.25) is 9.59 Å². The maximum Gasteiger partial charge on any atom is 0.246 e. The van der Waals surface area contributed by atoms with Gasteiger partial charge in [0, 0.05) is 13.1 Å². The maximum absolute atomic E-state index is 11.9. The number of hydrogen-bond acceptors (Lipinski definition) is 2. The van der Waals surface area contributed by atoms with E-state index in [-0.39, 0.29) is 17.9 Å². The first-order chi connectivity index (χ1) is 8.72. The van der Waals surface area contributed by atoms with Crippen LogP contribution in [0.1, 0.15) is 18.0 Å². The molecule has 1 fully saturated rings. The standard InChI is InChI=1S/C14H16N2O2/c1-2-14(18)16-9-8-15-13(17)10-12(16)11-6-4-3-5-7-11/h2-7,12H,1,8-10H2,(H,15,17). The summed E-state index contributed by atoms with van der Waals surface area (Å²) in [6.45, 7) is 4.51. The van der Waals surface area contributed by atoms with Crippen LogP contribution in [-0.2, 0) is 9.59 Å². The van der Waals surface area contributed by atoms with Crippen LogP contribution in [-0.4, -0.2) is 29.8 Å². The molecule has 0 aromatic heterocycles. The Morgan fingerprint density at radius 2 is 2.11 bits per heavy atom. The third-order valence-electron chi connectivity index (χ3n) is 3.07. The molecule has 94 valence electrons. The molecule has 1 heterocycles. The van der Waals surface area contributed by atoms with Gasteiger partial charge >= 0.3 is 0 Å². The second kappa shape index (κ2) is 5.49. The summed E-state index contributed by atoms with van der Waals surface area (Å²) in [5, 5.41) is 2.79. The number of benzene rings is 1. The fourth-order valence-corrected chi connectivity index (χ4v) is 2.18. The van der Waals surface area contributed by atoms with Crippen molar-refractivity contribution in [1.29, 1.82) is 0 Å². The van der Waals surface area contributed by atoms with Gasteiger partial charge in [0.05, 0.1) is 12.5 Å². The largest absolute Gasteiger partial charge is 0.354 e. The summed E-state index contributed by atoms with van der Waals surface area (Å²) in [7, 11) is 0. The zero-order chi connectivity index (χ0) is 13.0. The summed E-state index contributed by atoms with van der Waals surface area (Å²) in [4.78, 5) is 25.2. The number of hydrogen-bond donors (Lipinski definition) is 1. The zero-order valence-corrected chi connectivity index (χ0v) is 10.1. The predicted octanol–water partition coefficient (Wildman–Crippen LogP) is 1.26. The van der Waals surface area contributed by atoms with Gasteiger partial charge in [0.2, 0.25) is 11.8 Å². The average molecular weight is 244 g/mol. The fourth-order valence-electron chi connectivity index (χ4n) is 2.18. The molecule has 0 bridgehead atoms. The van der Waals surface area contributed by atoms with Gasteiger partial charge in [-0.1, -0.05) is 36.9 Å². The number of rotatable bonds is 2. The van der Waals surface area contributed by atoms with Crippen LogP contribution in [0.5, 0.6) is 0 Å². The fraction of sp³-hybridized carbons (Fsp3) is 0.286. The predicted molar refractivity (Wildman–Crippen MR) is 68.7 cm³/mol. The van der Waals surface area contributed by atoms with Crippen molar-refractivity contribution in [3.8, 4) is 0 Å². The van der Waals surface area contributed by atoms with E-state index in [0.29, 0.717) is 19.5 Å². The van der Waals surface area contributed by atoms with Crippen LogP contribution in [0.4, 0.5) is 0 Å². The van der Waals surface area contributed by atoms with Crippen molar-refractivity contribution in [1.82, 2.24) is 10.2 Å². The minimum absolute atomic E-state index is 0.0248. The number of nitrogens with one attached hydrogen (secondary N) is 1. The molecular formula is C14H16N2O2. The van der Waals surface area contributed by atoms with Crippen molar-refractivity contribution in [2.45, 2.75) is 12.5 Å². The van der Waals surface area contributed by atoms with Crippen molar-refractivity contribution >= 4 is 11.8 Å². The minimum atomic E-state index is -0.209. The summed E-state index contributed by atoms with van der Waals surface area (Å²) < 4.78 is 0. The number of amides is 2. The molecule has 0 radical (unpaired) electrons. The highest BCUT2D eigenvalue weighted by Crippen LogP contribution is 2.25. The molecule has 2 amide bonds. The van der Waals surface area contributed by atoms with Gasteiger partial charge in [0.1, 0.15) is 0 Å².